The van der Waals surface area contributed by atoms with Crippen molar-refractivity contribution in [3.8, 4) is 0 Å². The number of carbonyl (C=O) groups is 2. The third-order valence-electron chi connectivity index (χ3n) is 14.8. The van der Waals surface area contributed by atoms with E-state index in [4.69, 9.17) is 4.74 Å². The number of allylic oxidation sites excluding steroid dienone is 2. The summed E-state index contributed by atoms with van der Waals surface area (Å²) >= 11 is 0. The first-order chi connectivity index (χ1) is 34.0. The Morgan fingerprint density at radius 1 is 0.391 bits per heavy atom. The molecule has 0 aromatic carbocycles. The fourth-order valence-corrected chi connectivity index (χ4v) is 10.00. The number of aliphatic hydroxyl groups is 2. The van der Waals surface area contributed by atoms with E-state index >= 15 is 0 Å². The minimum Gasteiger partial charge on any atom is -0.466 e. The van der Waals surface area contributed by atoms with Crippen molar-refractivity contribution in [2.75, 3.05) is 13.2 Å². The lowest BCUT2D eigenvalue weighted by molar-refractivity contribution is -0.143. The average molecular weight is 975 g/mol. The number of hydrogen-bond donors (Lipinski definition) is 3. The van der Waals surface area contributed by atoms with E-state index in [0.717, 1.165) is 70.6 Å². The monoisotopic (exact) mass is 974 g/mol. The van der Waals surface area contributed by atoms with Crippen LogP contribution in [0.4, 0.5) is 0 Å². The van der Waals surface area contributed by atoms with Crippen LogP contribution in [-0.4, -0.2) is 47.4 Å². The number of esters is 1. The van der Waals surface area contributed by atoms with Crippen LogP contribution in [0.5, 0.6) is 0 Å². The van der Waals surface area contributed by atoms with Crippen LogP contribution in [0.25, 0.3) is 0 Å². The maximum absolute atomic E-state index is 12.5. The van der Waals surface area contributed by atoms with Gasteiger partial charge < -0.3 is 20.3 Å². The fourth-order valence-electron chi connectivity index (χ4n) is 10.00. The van der Waals surface area contributed by atoms with E-state index in [1.807, 2.05) is 0 Å². The van der Waals surface area contributed by atoms with E-state index in [1.165, 1.54) is 250 Å². The van der Waals surface area contributed by atoms with Gasteiger partial charge in [0.05, 0.1) is 25.4 Å². The summed E-state index contributed by atoms with van der Waals surface area (Å²) in [7, 11) is 0. The van der Waals surface area contributed by atoms with Crippen LogP contribution in [0.2, 0.25) is 0 Å². The molecule has 0 aliphatic heterocycles. The van der Waals surface area contributed by atoms with Crippen molar-refractivity contribution in [1.82, 2.24) is 5.32 Å². The van der Waals surface area contributed by atoms with Crippen molar-refractivity contribution in [3.05, 3.63) is 12.2 Å². The third-order valence-corrected chi connectivity index (χ3v) is 14.8. The van der Waals surface area contributed by atoms with Gasteiger partial charge in [-0.2, -0.15) is 0 Å². The Hall–Kier alpha value is -1.40. The molecule has 0 bridgehead atoms. The molecule has 0 heterocycles. The van der Waals surface area contributed by atoms with Gasteiger partial charge in [0.2, 0.25) is 5.91 Å². The molecule has 0 rings (SSSR count). The largest absolute Gasteiger partial charge is 0.466 e. The standard InChI is InChI=1S/C63H123NO5/c1-3-5-7-9-11-13-15-17-19-21-23-24-25-26-27-29-30-32-34-36-39-43-47-51-55-61(66)60(59-65)64-62(67)56-52-48-44-40-38-42-46-50-54-58-69-63(68)57-53-49-45-41-37-35-33-31-28-22-20-18-16-14-12-10-8-6-4-2/h40,44,60-61,65-66H,3-39,41-43,45-59H2,1-2H3,(H,64,67)/b44-40-. The van der Waals surface area contributed by atoms with Crippen molar-refractivity contribution in [1.29, 1.82) is 0 Å². The molecule has 3 N–H and O–H groups in total. The lowest BCUT2D eigenvalue weighted by Gasteiger charge is -2.22. The highest BCUT2D eigenvalue weighted by Crippen LogP contribution is 2.18. The van der Waals surface area contributed by atoms with Crippen LogP contribution in [-0.2, 0) is 14.3 Å². The van der Waals surface area contributed by atoms with Gasteiger partial charge in [0.25, 0.3) is 0 Å². The maximum Gasteiger partial charge on any atom is 0.305 e. The van der Waals surface area contributed by atoms with Gasteiger partial charge in [-0.05, 0) is 44.9 Å². The minimum absolute atomic E-state index is 0.0293. The van der Waals surface area contributed by atoms with E-state index in [1.54, 1.807) is 0 Å². The molecule has 410 valence electrons. The van der Waals surface area contributed by atoms with E-state index < -0.39 is 12.1 Å². The van der Waals surface area contributed by atoms with Crippen LogP contribution in [0.1, 0.15) is 354 Å². The number of aliphatic hydroxyl groups excluding tert-OH is 2. The van der Waals surface area contributed by atoms with Gasteiger partial charge in [0, 0.05) is 12.8 Å². The summed E-state index contributed by atoms with van der Waals surface area (Å²) in [6.45, 7) is 4.90. The van der Waals surface area contributed by atoms with Crippen molar-refractivity contribution in [2.24, 2.45) is 0 Å². The molecule has 0 saturated heterocycles. The minimum atomic E-state index is -0.696. The molecule has 0 spiro atoms. The van der Waals surface area contributed by atoms with Gasteiger partial charge >= 0.3 is 5.97 Å². The number of unbranched alkanes of at least 4 members (excludes halogenated alkanes) is 46. The zero-order valence-corrected chi connectivity index (χ0v) is 46.8. The molecule has 0 aliphatic rings. The second-order valence-electron chi connectivity index (χ2n) is 21.7. The summed E-state index contributed by atoms with van der Waals surface area (Å²) in [5.74, 6) is -0.120. The molecule has 0 aliphatic carbocycles. The first kappa shape index (κ1) is 67.6. The zero-order chi connectivity index (χ0) is 50.0. The highest BCUT2D eigenvalue weighted by Gasteiger charge is 2.20. The first-order valence-electron chi connectivity index (χ1n) is 31.4. The molecule has 69 heavy (non-hydrogen) atoms. The van der Waals surface area contributed by atoms with Crippen LogP contribution in [0.3, 0.4) is 0 Å². The Kier molecular flexibility index (Phi) is 58.0. The van der Waals surface area contributed by atoms with E-state index in [9.17, 15) is 19.8 Å². The van der Waals surface area contributed by atoms with E-state index in [0.29, 0.717) is 25.9 Å². The fraction of sp³-hybridized carbons (Fsp3) is 0.937. The van der Waals surface area contributed by atoms with Crippen molar-refractivity contribution in [2.45, 2.75) is 366 Å². The maximum atomic E-state index is 12.5. The lowest BCUT2D eigenvalue weighted by atomic mass is 10.0. The van der Waals surface area contributed by atoms with Crippen molar-refractivity contribution >= 4 is 11.9 Å². The van der Waals surface area contributed by atoms with E-state index in [2.05, 4.69) is 31.3 Å². The molecule has 6 heteroatoms. The third kappa shape index (κ3) is 55.8. The average Bonchev–Trinajstić information content (AvgIpc) is 3.35. The number of rotatable bonds is 59. The van der Waals surface area contributed by atoms with Crippen LogP contribution >= 0.6 is 0 Å². The van der Waals surface area contributed by atoms with Gasteiger partial charge in [-0.3, -0.25) is 9.59 Å². The zero-order valence-electron chi connectivity index (χ0n) is 46.8. The van der Waals surface area contributed by atoms with Crippen LogP contribution in [0.15, 0.2) is 12.2 Å². The Bertz CT molecular complexity index is 1030. The molecule has 0 fully saturated rings. The molecule has 0 aromatic rings. The Labute approximate surface area is 431 Å². The van der Waals surface area contributed by atoms with E-state index in [-0.39, 0.29) is 18.5 Å². The number of hydrogen-bond acceptors (Lipinski definition) is 5. The highest BCUT2D eigenvalue weighted by atomic mass is 16.5. The van der Waals surface area contributed by atoms with Crippen LogP contribution < -0.4 is 5.32 Å². The molecule has 2 unspecified atom stereocenters. The molecule has 1 amide bonds. The molecular weight excluding hydrogens is 851 g/mol. The van der Waals surface area contributed by atoms with Gasteiger partial charge in [-0.15, -0.1) is 0 Å². The highest BCUT2D eigenvalue weighted by molar-refractivity contribution is 5.76. The predicted molar refractivity (Wildman–Crippen MR) is 301 cm³/mol. The summed E-state index contributed by atoms with van der Waals surface area (Å²) in [6, 6.07) is -0.579. The SMILES string of the molecule is CCCCCCCCCCCCCCCCCCCCCCCCCCC(O)C(CO)NC(=O)CCC/C=C\CCCCCCOC(=O)CCCCCCCCCCCCCCCCCCCCC. The van der Waals surface area contributed by atoms with Crippen molar-refractivity contribution < 1.29 is 24.5 Å². The summed E-state index contributed by atoms with van der Waals surface area (Å²) in [5, 5.41) is 23.3. The first-order valence-corrected chi connectivity index (χ1v) is 31.4. The molecular formula is C63H123NO5. The molecule has 0 radical (unpaired) electrons. The number of amides is 1. The van der Waals surface area contributed by atoms with Gasteiger partial charge in [-0.25, -0.2) is 0 Å². The second-order valence-corrected chi connectivity index (χ2v) is 21.7. The summed E-state index contributed by atoms with van der Waals surface area (Å²) in [4.78, 5) is 24.6. The van der Waals surface area contributed by atoms with Crippen LogP contribution in [0, 0.1) is 0 Å². The second kappa shape index (κ2) is 59.2. The summed E-state index contributed by atoms with van der Waals surface area (Å²) < 4.78 is 5.47. The topological polar surface area (TPSA) is 95.9 Å². The Morgan fingerprint density at radius 3 is 1.06 bits per heavy atom. The van der Waals surface area contributed by atoms with Crippen molar-refractivity contribution in [3.63, 3.8) is 0 Å². The normalized spacial score (nSPS) is 12.6. The van der Waals surface area contributed by atoms with Gasteiger partial charge in [0.1, 0.15) is 0 Å². The number of carbonyl (C=O) groups excluding carboxylic acids is 2. The van der Waals surface area contributed by atoms with Gasteiger partial charge in [0.15, 0.2) is 0 Å². The Balaban J connectivity index is 3.47. The number of ether oxygens (including phenoxy) is 1. The molecule has 6 nitrogen and oxygen atoms in total. The molecule has 0 saturated carbocycles. The predicted octanol–water partition coefficient (Wildman–Crippen LogP) is 19.6. The molecule has 0 aromatic heterocycles. The van der Waals surface area contributed by atoms with Gasteiger partial charge in [-0.1, -0.05) is 309 Å². The Morgan fingerprint density at radius 2 is 0.696 bits per heavy atom. The summed E-state index contributed by atoms with van der Waals surface area (Å²) in [6.07, 6.45) is 70.9. The smallest absolute Gasteiger partial charge is 0.305 e. The quantitative estimate of drug-likeness (QED) is 0.0321. The lowest BCUT2D eigenvalue weighted by Crippen LogP contribution is -2.45. The molecule has 2 atom stereocenters. The summed E-state index contributed by atoms with van der Waals surface area (Å²) in [5.41, 5.74) is 0. The number of nitrogens with one attached hydrogen (secondary N) is 1.